The summed E-state index contributed by atoms with van der Waals surface area (Å²) >= 11 is 1.51. The van der Waals surface area contributed by atoms with Crippen molar-refractivity contribution in [3.05, 3.63) is 22.4 Å². The van der Waals surface area contributed by atoms with E-state index in [2.05, 4.69) is 0 Å². The molecule has 0 aliphatic heterocycles. The predicted molar refractivity (Wildman–Crippen MR) is 56.5 cm³/mol. The second kappa shape index (κ2) is 5.44. The lowest BCUT2D eigenvalue weighted by Gasteiger charge is -1.96. The fraction of sp³-hybridized carbons (Fsp3) is 0.300. The summed E-state index contributed by atoms with van der Waals surface area (Å²) in [6, 6.07) is 1.86. The van der Waals surface area contributed by atoms with Crippen LogP contribution in [0.4, 0.5) is 0 Å². The second-order valence-electron chi connectivity index (χ2n) is 2.44. The highest BCUT2D eigenvalue weighted by Gasteiger charge is 2.01. The van der Waals surface area contributed by atoms with Crippen molar-refractivity contribution in [3.8, 4) is 5.75 Å². The molecule has 0 spiro atoms. The molecule has 0 bridgehead atoms. The molecule has 0 aliphatic carbocycles. The minimum atomic E-state index is -0.331. The zero-order chi connectivity index (χ0) is 10.4. The van der Waals surface area contributed by atoms with Gasteiger partial charge in [-0.05, 0) is 24.4 Å². The van der Waals surface area contributed by atoms with E-state index >= 15 is 0 Å². The summed E-state index contributed by atoms with van der Waals surface area (Å²) in [6.45, 7) is 2.17. The highest BCUT2D eigenvalue weighted by Crippen LogP contribution is 2.25. The third-order valence-corrected chi connectivity index (χ3v) is 2.40. The van der Waals surface area contributed by atoms with E-state index in [0.717, 1.165) is 10.6 Å². The van der Waals surface area contributed by atoms with E-state index in [1.54, 1.807) is 20.1 Å². The first-order chi connectivity index (χ1) is 6.77. The third-order valence-electron chi connectivity index (χ3n) is 1.53. The number of carbonyl (C=O) groups excluding carboxylic acids is 1. The Balaban J connectivity index is 2.63. The highest BCUT2D eigenvalue weighted by molar-refractivity contribution is 7.11. The van der Waals surface area contributed by atoms with Gasteiger partial charge in [-0.25, -0.2) is 4.79 Å². The lowest BCUT2D eigenvalue weighted by molar-refractivity contribution is -0.137. The molecule has 1 rings (SSSR count). The van der Waals surface area contributed by atoms with Gasteiger partial charge in [0.05, 0.1) is 18.6 Å². The van der Waals surface area contributed by atoms with E-state index < -0.39 is 0 Å². The maximum atomic E-state index is 11.0. The molecule has 76 valence electrons. The first kappa shape index (κ1) is 10.8. The zero-order valence-electron chi connectivity index (χ0n) is 8.15. The summed E-state index contributed by atoms with van der Waals surface area (Å²) in [5, 5.41) is 1.91. The van der Waals surface area contributed by atoms with Crippen LogP contribution in [0.25, 0.3) is 6.08 Å². The maximum absolute atomic E-state index is 11.0. The van der Waals surface area contributed by atoms with E-state index in [9.17, 15) is 4.79 Å². The van der Waals surface area contributed by atoms with E-state index in [1.807, 2.05) is 11.4 Å². The van der Waals surface area contributed by atoms with E-state index in [1.165, 1.54) is 17.4 Å². The zero-order valence-corrected chi connectivity index (χ0v) is 8.97. The predicted octanol–water partition coefficient (Wildman–Crippen LogP) is 2.33. The van der Waals surface area contributed by atoms with E-state index in [4.69, 9.17) is 9.47 Å². The molecule has 0 radical (unpaired) electrons. The molecule has 0 unspecified atom stereocenters. The Morgan fingerprint density at radius 2 is 2.43 bits per heavy atom. The fourth-order valence-corrected chi connectivity index (χ4v) is 1.69. The number of hydrogen-bond donors (Lipinski definition) is 0. The largest absolute Gasteiger partial charge is 0.495 e. The number of rotatable bonds is 4. The molecule has 0 aliphatic rings. The molecular formula is C10H12O3S. The third kappa shape index (κ3) is 2.88. The molecule has 0 saturated heterocycles. The quantitative estimate of drug-likeness (QED) is 0.567. The normalized spacial score (nSPS) is 10.4. The van der Waals surface area contributed by atoms with Crippen molar-refractivity contribution in [2.75, 3.05) is 13.7 Å². The Morgan fingerprint density at radius 3 is 3.07 bits per heavy atom. The van der Waals surface area contributed by atoms with Gasteiger partial charge in [-0.2, -0.15) is 0 Å². The second-order valence-corrected chi connectivity index (χ2v) is 3.39. The Hall–Kier alpha value is -1.29. The molecule has 14 heavy (non-hydrogen) atoms. The summed E-state index contributed by atoms with van der Waals surface area (Å²) in [6.07, 6.45) is 3.10. The Bertz CT molecular complexity index is 328. The molecule has 0 atom stereocenters. The van der Waals surface area contributed by atoms with Crippen LogP contribution in [-0.2, 0) is 9.53 Å². The molecule has 0 fully saturated rings. The topological polar surface area (TPSA) is 35.5 Å². The van der Waals surface area contributed by atoms with Gasteiger partial charge in [-0.15, -0.1) is 11.3 Å². The van der Waals surface area contributed by atoms with Crippen molar-refractivity contribution < 1.29 is 14.3 Å². The standard InChI is InChI=1S/C10H12O3S/c1-3-13-10(11)5-4-9-8(12-2)6-7-14-9/h4-7H,3H2,1-2H3/b5-4+. The lowest BCUT2D eigenvalue weighted by atomic mass is 10.4. The maximum Gasteiger partial charge on any atom is 0.330 e. The van der Waals surface area contributed by atoms with Crippen LogP contribution in [-0.4, -0.2) is 19.7 Å². The van der Waals surface area contributed by atoms with Gasteiger partial charge in [0.2, 0.25) is 0 Å². The molecule has 0 amide bonds. The first-order valence-corrected chi connectivity index (χ1v) is 5.12. The van der Waals surface area contributed by atoms with Gasteiger partial charge in [0.15, 0.2) is 0 Å². The van der Waals surface area contributed by atoms with Crippen molar-refractivity contribution >= 4 is 23.4 Å². The molecule has 1 heterocycles. The summed E-state index contributed by atoms with van der Waals surface area (Å²) in [5.41, 5.74) is 0. The molecular weight excluding hydrogens is 200 g/mol. The number of methoxy groups -OCH3 is 1. The Kier molecular flexibility index (Phi) is 4.19. The number of thiophene rings is 1. The molecule has 0 saturated carbocycles. The van der Waals surface area contributed by atoms with Crippen molar-refractivity contribution in [2.24, 2.45) is 0 Å². The number of esters is 1. The van der Waals surface area contributed by atoms with Crippen LogP contribution in [0.1, 0.15) is 11.8 Å². The average molecular weight is 212 g/mol. The van der Waals surface area contributed by atoms with E-state index in [0.29, 0.717) is 6.61 Å². The molecule has 1 aromatic heterocycles. The van der Waals surface area contributed by atoms with Crippen LogP contribution >= 0.6 is 11.3 Å². The summed E-state index contributed by atoms with van der Waals surface area (Å²) < 4.78 is 9.84. The van der Waals surface area contributed by atoms with Crippen LogP contribution in [0.5, 0.6) is 5.75 Å². The number of ether oxygens (including phenoxy) is 2. The van der Waals surface area contributed by atoms with Crippen LogP contribution in [0.3, 0.4) is 0 Å². The number of carbonyl (C=O) groups is 1. The Morgan fingerprint density at radius 1 is 1.64 bits per heavy atom. The molecule has 0 aromatic carbocycles. The van der Waals surface area contributed by atoms with Gasteiger partial charge in [-0.3, -0.25) is 0 Å². The Labute approximate surface area is 87.0 Å². The van der Waals surface area contributed by atoms with Crippen LogP contribution in [0.15, 0.2) is 17.5 Å². The van der Waals surface area contributed by atoms with Crippen molar-refractivity contribution in [1.29, 1.82) is 0 Å². The minimum Gasteiger partial charge on any atom is -0.495 e. The monoisotopic (exact) mass is 212 g/mol. The molecule has 4 heteroatoms. The minimum absolute atomic E-state index is 0.331. The first-order valence-electron chi connectivity index (χ1n) is 4.24. The summed E-state index contributed by atoms with van der Waals surface area (Å²) in [5.74, 6) is 0.443. The van der Waals surface area contributed by atoms with Crippen LogP contribution in [0.2, 0.25) is 0 Å². The van der Waals surface area contributed by atoms with Gasteiger partial charge in [0, 0.05) is 6.08 Å². The van der Waals surface area contributed by atoms with Crippen molar-refractivity contribution in [3.63, 3.8) is 0 Å². The van der Waals surface area contributed by atoms with Crippen molar-refractivity contribution in [1.82, 2.24) is 0 Å². The number of hydrogen-bond acceptors (Lipinski definition) is 4. The highest BCUT2D eigenvalue weighted by atomic mass is 32.1. The van der Waals surface area contributed by atoms with E-state index in [-0.39, 0.29) is 5.97 Å². The van der Waals surface area contributed by atoms with Crippen LogP contribution < -0.4 is 4.74 Å². The van der Waals surface area contributed by atoms with Crippen molar-refractivity contribution in [2.45, 2.75) is 6.92 Å². The average Bonchev–Trinajstić information content (AvgIpc) is 2.62. The van der Waals surface area contributed by atoms with Gasteiger partial charge in [0.25, 0.3) is 0 Å². The van der Waals surface area contributed by atoms with Gasteiger partial charge < -0.3 is 9.47 Å². The lowest BCUT2D eigenvalue weighted by Crippen LogP contribution is -1.98. The summed E-state index contributed by atoms with van der Waals surface area (Å²) in [7, 11) is 1.60. The SMILES string of the molecule is CCOC(=O)/C=C/c1sccc1OC. The van der Waals surface area contributed by atoms with Gasteiger partial charge in [-0.1, -0.05) is 0 Å². The van der Waals surface area contributed by atoms with Gasteiger partial charge in [0.1, 0.15) is 5.75 Å². The van der Waals surface area contributed by atoms with Gasteiger partial charge >= 0.3 is 5.97 Å². The fourth-order valence-electron chi connectivity index (χ4n) is 0.933. The summed E-state index contributed by atoms with van der Waals surface area (Å²) in [4.78, 5) is 11.9. The molecule has 1 aromatic rings. The smallest absolute Gasteiger partial charge is 0.330 e. The molecule has 3 nitrogen and oxygen atoms in total. The molecule has 0 N–H and O–H groups in total. The van der Waals surface area contributed by atoms with Crippen LogP contribution in [0, 0.1) is 0 Å².